The number of rotatable bonds is 5. The zero-order chi connectivity index (χ0) is 14.4. The first-order valence-corrected chi connectivity index (χ1v) is 6.66. The van der Waals surface area contributed by atoms with Crippen molar-refractivity contribution in [2.45, 2.75) is 18.9 Å². The molecular formula is C16H19N3O. The number of nitrogens with zero attached hydrogens (tertiary/aromatic N) is 2. The van der Waals surface area contributed by atoms with Crippen LogP contribution in [-0.4, -0.2) is 17.9 Å². The fraction of sp³-hybridized carbons (Fsp3) is 0.250. The lowest BCUT2D eigenvalue weighted by atomic mass is 10.0. The molecule has 0 saturated heterocycles. The van der Waals surface area contributed by atoms with Crippen LogP contribution in [0.2, 0.25) is 0 Å². The number of pyridine rings is 1. The van der Waals surface area contributed by atoms with E-state index in [9.17, 15) is 4.79 Å². The predicted molar refractivity (Wildman–Crippen MR) is 80.3 cm³/mol. The molecule has 2 aromatic rings. The molecule has 1 aromatic carbocycles. The highest BCUT2D eigenvalue weighted by Gasteiger charge is 2.14. The standard InChI is InChI=1S/C16H19N3O/c1-19(15-9-5-6-12-18-15)16(20)11-10-14(17)13-7-3-2-4-8-13/h2-9,12,14H,10-11,17H2,1H3. The molecule has 1 atom stereocenters. The molecule has 0 radical (unpaired) electrons. The molecule has 0 aliphatic rings. The average molecular weight is 269 g/mol. The third-order valence-corrected chi connectivity index (χ3v) is 3.26. The van der Waals surface area contributed by atoms with Crippen molar-refractivity contribution in [1.82, 2.24) is 4.98 Å². The molecule has 0 fully saturated rings. The van der Waals surface area contributed by atoms with Gasteiger partial charge in [-0.15, -0.1) is 0 Å². The van der Waals surface area contributed by atoms with Gasteiger partial charge in [0, 0.05) is 25.7 Å². The Bertz CT molecular complexity index is 542. The van der Waals surface area contributed by atoms with Gasteiger partial charge >= 0.3 is 0 Å². The Morgan fingerprint density at radius 3 is 2.55 bits per heavy atom. The smallest absolute Gasteiger partial charge is 0.227 e. The third kappa shape index (κ3) is 3.65. The molecule has 2 N–H and O–H groups in total. The molecule has 4 heteroatoms. The summed E-state index contributed by atoms with van der Waals surface area (Å²) in [5, 5.41) is 0. The van der Waals surface area contributed by atoms with Crippen LogP contribution in [0.25, 0.3) is 0 Å². The maximum atomic E-state index is 12.1. The number of hydrogen-bond donors (Lipinski definition) is 1. The summed E-state index contributed by atoms with van der Waals surface area (Å²) in [5.41, 5.74) is 7.15. The van der Waals surface area contributed by atoms with Gasteiger partial charge in [0.2, 0.25) is 5.91 Å². The van der Waals surface area contributed by atoms with Gasteiger partial charge < -0.3 is 5.73 Å². The molecule has 0 bridgehead atoms. The van der Waals surface area contributed by atoms with E-state index in [2.05, 4.69) is 4.98 Å². The van der Waals surface area contributed by atoms with Crippen LogP contribution in [0.3, 0.4) is 0 Å². The first kappa shape index (κ1) is 14.2. The van der Waals surface area contributed by atoms with Gasteiger partial charge in [-0.3, -0.25) is 9.69 Å². The summed E-state index contributed by atoms with van der Waals surface area (Å²) in [7, 11) is 1.73. The summed E-state index contributed by atoms with van der Waals surface area (Å²) in [6.07, 6.45) is 2.71. The van der Waals surface area contributed by atoms with Crippen molar-refractivity contribution < 1.29 is 4.79 Å². The third-order valence-electron chi connectivity index (χ3n) is 3.26. The highest BCUT2D eigenvalue weighted by molar-refractivity contribution is 5.91. The highest BCUT2D eigenvalue weighted by atomic mass is 16.2. The molecule has 20 heavy (non-hydrogen) atoms. The van der Waals surface area contributed by atoms with Gasteiger partial charge in [0.05, 0.1) is 0 Å². The number of nitrogens with two attached hydrogens (primary N) is 1. The van der Waals surface area contributed by atoms with Gasteiger partial charge in [-0.05, 0) is 24.1 Å². The Hall–Kier alpha value is -2.20. The van der Waals surface area contributed by atoms with Gasteiger partial charge in [-0.1, -0.05) is 36.4 Å². The largest absolute Gasteiger partial charge is 0.324 e. The highest BCUT2D eigenvalue weighted by Crippen LogP contribution is 2.17. The molecule has 0 aliphatic heterocycles. The zero-order valence-electron chi connectivity index (χ0n) is 11.6. The molecular weight excluding hydrogens is 250 g/mol. The number of carbonyl (C=O) groups is 1. The second-order valence-electron chi connectivity index (χ2n) is 4.70. The Morgan fingerprint density at radius 2 is 1.90 bits per heavy atom. The van der Waals surface area contributed by atoms with Crippen LogP contribution >= 0.6 is 0 Å². The second kappa shape index (κ2) is 6.82. The maximum absolute atomic E-state index is 12.1. The molecule has 104 valence electrons. The van der Waals surface area contributed by atoms with E-state index >= 15 is 0 Å². The molecule has 0 saturated carbocycles. The quantitative estimate of drug-likeness (QED) is 0.907. The van der Waals surface area contributed by atoms with Crippen molar-refractivity contribution in [2.75, 3.05) is 11.9 Å². The van der Waals surface area contributed by atoms with E-state index in [0.717, 1.165) is 5.56 Å². The van der Waals surface area contributed by atoms with Crippen LogP contribution in [0.4, 0.5) is 5.82 Å². The Morgan fingerprint density at radius 1 is 1.20 bits per heavy atom. The molecule has 0 spiro atoms. The number of aromatic nitrogens is 1. The van der Waals surface area contributed by atoms with Gasteiger partial charge in [0.15, 0.2) is 0 Å². The number of hydrogen-bond acceptors (Lipinski definition) is 3. The lowest BCUT2D eigenvalue weighted by Crippen LogP contribution is -2.27. The summed E-state index contributed by atoms with van der Waals surface area (Å²) < 4.78 is 0. The summed E-state index contributed by atoms with van der Waals surface area (Å²) in [6, 6.07) is 15.2. The van der Waals surface area contributed by atoms with Gasteiger partial charge in [-0.2, -0.15) is 0 Å². The van der Waals surface area contributed by atoms with E-state index in [1.807, 2.05) is 48.5 Å². The average Bonchev–Trinajstić information content (AvgIpc) is 2.53. The molecule has 0 aliphatic carbocycles. The van der Waals surface area contributed by atoms with Crippen LogP contribution in [0.15, 0.2) is 54.7 Å². The van der Waals surface area contributed by atoms with E-state index in [1.54, 1.807) is 18.1 Å². The van der Waals surface area contributed by atoms with Crippen LogP contribution in [0.1, 0.15) is 24.4 Å². The van der Waals surface area contributed by atoms with Crippen LogP contribution in [-0.2, 0) is 4.79 Å². The molecule has 1 aromatic heterocycles. The van der Waals surface area contributed by atoms with E-state index in [-0.39, 0.29) is 11.9 Å². The van der Waals surface area contributed by atoms with Crippen molar-refractivity contribution in [3.8, 4) is 0 Å². The minimum absolute atomic E-state index is 0.0232. The van der Waals surface area contributed by atoms with Gasteiger partial charge in [0.25, 0.3) is 0 Å². The number of benzene rings is 1. The van der Waals surface area contributed by atoms with Crippen LogP contribution in [0.5, 0.6) is 0 Å². The lowest BCUT2D eigenvalue weighted by Gasteiger charge is -2.17. The fourth-order valence-electron chi connectivity index (χ4n) is 1.99. The minimum atomic E-state index is -0.114. The van der Waals surface area contributed by atoms with E-state index in [1.165, 1.54) is 0 Å². The second-order valence-corrected chi connectivity index (χ2v) is 4.70. The zero-order valence-corrected chi connectivity index (χ0v) is 11.6. The Balaban J connectivity index is 1.89. The van der Waals surface area contributed by atoms with Crippen molar-refractivity contribution in [3.05, 3.63) is 60.3 Å². The first-order valence-electron chi connectivity index (χ1n) is 6.66. The monoisotopic (exact) mass is 269 g/mol. The van der Waals surface area contributed by atoms with Crippen LogP contribution < -0.4 is 10.6 Å². The number of anilines is 1. The Kier molecular flexibility index (Phi) is 4.85. The molecule has 1 heterocycles. The maximum Gasteiger partial charge on any atom is 0.227 e. The van der Waals surface area contributed by atoms with Crippen molar-refractivity contribution in [3.63, 3.8) is 0 Å². The topological polar surface area (TPSA) is 59.2 Å². The van der Waals surface area contributed by atoms with Gasteiger partial charge in [0.1, 0.15) is 5.82 Å². The van der Waals surface area contributed by atoms with Crippen molar-refractivity contribution in [1.29, 1.82) is 0 Å². The minimum Gasteiger partial charge on any atom is -0.324 e. The summed E-state index contributed by atoms with van der Waals surface area (Å²) in [5.74, 6) is 0.681. The van der Waals surface area contributed by atoms with E-state index < -0.39 is 0 Å². The lowest BCUT2D eigenvalue weighted by molar-refractivity contribution is -0.118. The van der Waals surface area contributed by atoms with Crippen molar-refractivity contribution in [2.24, 2.45) is 5.73 Å². The van der Waals surface area contributed by atoms with E-state index in [4.69, 9.17) is 5.73 Å². The predicted octanol–water partition coefficient (Wildman–Crippen LogP) is 2.52. The SMILES string of the molecule is CN(C(=O)CCC(N)c1ccccc1)c1ccccn1. The molecule has 1 unspecified atom stereocenters. The van der Waals surface area contributed by atoms with E-state index in [0.29, 0.717) is 18.7 Å². The number of carbonyl (C=O) groups excluding carboxylic acids is 1. The van der Waals surface area contributed by atoms with Gasteiger partial charge in [-0.25, -0.2) is 4.98 Å². The van der Waals surface area contributed by atoms with Crippen molar-refractivity contribution >= 4 is 11.7 Å². The summed E-state index contributed by atoms with van der Waals surface area (Å²) in [4.78, 5) is 17.8. The fourth-order valence-corrected chi connectivity index (χ4v) is 1.99. The summed E-state index contributed by atoms with van der Waals surface area (Å²) in [6.45, 7) is 0. The molecule has 2 rings (SSSR count). The molecule has 4 nitrogen and oxygen atoms in total. The van der Waals surface area contributed by atoms with Crippen LogP contribution in [0, 0.1) is 0 Å². The summed E-state index contributed by atoms with van der Waals surface area (Å²) >= 11 is 0. The number of amides is 1. The Labute approximate surface area is 119 Å². The first-order chi connectivity index (χ1) is 9.68. The normalized spacial score (nSPS) is 11.9. The molecule has 1 amide bonds.